The van der Waals surface area contributed by atoms with Crippen LogP contribution in [0.4, 0.5) is 4.39 Å². The number of carbonyl (C=O) groups excluding carboxylic acids is 1. The van der Waals surface area contributed by atoms with Crippen LogP contribution in [0.3, 0.4) is 0 Å². The van der Waals surface area contributed by atoms with E-state index >= 15 is 0 Å². The molecule has 4 nitrogen and oxygen atoms in total. The Labute approximate surface area is 125 Å². The zero-order valence-corrected chi connectivity index (χ0v) is 12.5. The number of nitrogens with zero attached hydrogens (tertiary/aromatic N) is 1. The summed E-state index contributed by atoms with van der Waals surface area (Å²) in [5.41, 5.74) is 0.523. The fourth-order valence-corrected chi connectivity index (χ4v) is 2.45. The molecule has 0 spiro atoms. The molecule has 1 fully saturated rings. The lowest BCUT2D eigenvalue weighted by Gasteiger charge is -2.25. The topological polar surface area (TPSA) is 41.6 Å². The minimum atomic E-state index is -0.366. The highest BCUT2D eigenvalue weighted by atomic mass is 19.1. The van der Waals surface area contributed by atoms with Crippen LogP contribution in [-0.2, 0) is 9.53 Å². The van der Waals surface area contributed by atoms with Gasteiger partial charge in [0.2, 0.25) is 5.91 Å². The van der Waals surface area contributed by atoms with E-state index in [0.29, 0.717) is 18.7 Å². The van der Waals surface area contributed by atoms with Crippen LogP contribution in [0.5, 0.6) is 0 Å². The van der Waals surface area contributed by atoms with Gasteiger partial charge in [0, 0.05) is 25.3 Å². The average molecular weight is 294 g/mol. The van der Waals surface area contributed by atoms with Crippen molar-refractivity contribution in [3.8, 4) is 0 Å². The normalized spacial score (nSPS) is 18.5. The van der Waals surface area contributed by atoms with Gasteiger partial charge in [0.15, 0.2) is 0 Å². The van der Waals surface area contributed by atoms with E-state index in [1.54, 1.807) is 23.1 Å². The molecule has 0 aromatic heterocycles. The second-order valence-electron chi connectivity index (χ2n) is 5.21. The van der Waals surface area contributed by atoms with E-state index < -0.39 is 0 Å². The maximum atomic E-state index is 13.9. The molecule has 1 aliphatic heterocycles. The fraction of sp³-hybridized carbons (Fsp3) is 0.562. The van der Waals surface area contributed by atoms with E-state index in [0.717, 1.165) is 25.9 Å². The van der Waals surface area contributed by atoms with E-state index in [4.69, 9.17) is 4.74 Å². The molecular formula is C16H23FN2O2. The van der Waals surface area contributed by atoms with Gasteiger partial charge in [-0.05, 0) is 18.9 Å². The number of unbranched alkanes of at least 4 members (excludes halogenated alkanes) is 1. The highest BCUT2D eigenvalue weighted by molar-refractivity contribution is 5.80. The van der Waals surface area contributed by atoms with E-state index in [-0.39, 0.29) is 24.4 Å². The van der Waals surface area contributed by atoms with Crippen molar-refractivity contribution in [1.29, 1.82) is 0 Å². The van der Waals surface area contributed by atoms with Gasteiger partial charge in [-0.1, -0.05) is 31.5 Å². The van der Waals surface area contributed by atoms with E-state index in [1.165, 1.54) is 6.07 Å². The Bertz CT molecular complexity index is 467. The standard InChI is InChI=1S/C16H23FN2O2/c1-2-3-10-21-11-6-9-19-15(20)12-18-16(19)13-7-4-5-8-14(13)17/h4-5,7-8,16,18H,2-3,6,9-12H2,1H3. The Balaban J connectivity index is 1.87. The van der Waals surface area contributed by atoms with Gasteiger partial charge in [-0.15, -0.1) is 0 Å². The van der Waals surface area contributed by atoms with Gasteiger partial charge in [-0.25, -0.2) is 4.39 Å². The van der Waals surface area contributed by atoms with Crippen LogP contribution in [0.2, 0.25) is 0 Å². The third-order valence-corrected chi connectivity index (χ3v) is 3.61. The van der Waals surface area contributed by atoms with Crippen LogP contribution >= 0.6 is 0 Å². The maximum Gasteiger partial charge on any atom is 0.238 e. The molecule has 1 aromatic rings. The molecular weight excluding hydrogens is 271 g/mol. The molecule has 1 unspecified atom stereocenters. The van der Waals surface area contributed by atoms with Crippen LogP contribution < -0.4 is 5.32 Å². The first-order valence-corrected chi connectivity index (χ1v) is 7.59. The first-order chi connectivity index (χ1) is 10.2. The van der Waals surface area contributed by atoms with Gasteiger partial charge in [0.25, 0.3) is 0 Å². The first kappa shape index (κ1) is 15.9. The maximum absolute atomic E-state index is 13.9. The summed E-state index contributed by atoms with van der Waals surface area (Å²) in [4.78, 5) is 13.6. The fourth-order valence-electron chi connectivity index (χ4n) is 2.45. The lowest BCUT2D eigenvalue weighted by atomic mass is 10.1. The van der Waals surface area contributed by atoms with Crippen LogP contribution in [-0.4, -0.2) is 37.1 Å². The third-order valence-electron chi connectivity index (χ3n) is 3.61. The predicted octanol–water partition coefficient (Wildman–Crippen LogP) is 2.46. The van der Waals surface area contributed by atoms with Crippen LogP contribution in [0.25, 0.3) is 0 Å². The molecule has 5 heteroatoms. The van der Waals surface area contributed by atoms with Crippen molar-refractivity contribution >= 4 is 5.91 Å². The summed E-state index contributed by atoms with van der Waals surface area (Å²) in [6.45, 7) is 4.36. The Morgan fingerprint density at radius 3 is 2.86 bits per heavy atom. The molecule has 2 rings (SSSR count). The van der Waals surface area contributed by atoms with Crippen molar-refractivity contribution in [3.05, 3.63) is 35.6 Å². The molecule has 0 saturated carbocycles. The molecule has 1 heterocycles. The third kappa shape index (κ3) is 4.25. The summed E-state index contributed by atoms with van der Waals surface area (Å²) in [6, 6.07) is 6.58. The van der Waals surface area contributed by atoms with Gasteiger partial charge in [0.1, 0.15) is 12.0 Å². The van der Waals surface area contributed by atoms with Gasteiger partial charge < -0.3 is 9.64 Å². The van der Waals surface area contributed by atoms with Crippen LogP contribution in [0.1, 0.15) is 37.9 Å². The smallest absolute Gasteiger partial charge is 0.238 e. The number of amides is 1. The van der Waals surface area contributed by atoms with Gasteiger partial charge in [0.05, 0.1) is 6.54 Å². The molecule has 1 atom stereocenters. The predicted molar refractivity (Wildman–Crippen MR) is 79.2 cm³/mol. The molecule has 116 valence electrons. The molecule has 1 amide bonds. The van der Waals surface area contributed by atoms with E-state index in [2.05, 4.69) is 12.2 Å². The summed E-state index contributed by atoms with van der Waals surface area (Å²) in [5, 5.41) is 3.07. The van der Waals surface area contributed by atoms with Crippen molar-refractivity contribution in [2.45, 2.75) is 32.4 Å². The van der Waals surface area contributed by atoms with Gasteiger partial charge >= 0.3 is 0 Å². The molecule has 1 saturated heterocycles. The number of ether oxygens (including phenoxy) is 1. The number of rotatable bonds is 8. The van der Waals surface area contributed by atoms with Crippen LogP contribution in [0.15, 0.2) is 24.3 Å². The van der Waals surface area contributed by atoms with E-state index in [9.17, 15) is 9.18 Å². The Morgan fingerprint density at radius 1 is 1.33 bits per heavy atom. The van der Waals surface area contributed by atoms with Crippen molar-refractivity contribution in [2.75, 3.05) is 26.3 Å². The quantitative estimate of drug-likeness (QED) is 0.749. The highest BCUT2D eigenvalue weighted by Gasteiger charge is 2.32. The van der Waals surface area contributed by atoms with Crippen molar-refractivity contribution in [1.82, 2.24) is 10.2 Å². The molecule has 0 bridgehead atoms. The number of carbonyl (C=O) groups is 1. The highest BCUT2D eigenvalue weighted by Crippen LogP contribution is 2.24. The largest absolute Gasteiger partial charge is 0.381 e. The molecule has 1 aliphatic rings. The zero-order chi connectivity index (χ0) is 15.1. The van der Waals surface area contributed by atoms with Crippen LogP contribution in [0, 0.1) is 5.82 Å². The van der Waals surface area contributed by atoms with E-state index in [1.807, 2.05) is 0 Å². The number of hydrogen-bond acceptors (Lipinski definition) is 3. The monoisotopic (exact) mass is 294 g/mol. The average Bonchev–Trinajstić information content (AvgIpc) is 2.84. The summed E-state index contributed by atoms with van der Waals surface area (Å²) in [7, 11) is 0. The molecule has 0 aliphatic carbocycles. The SMILES string of the molecule is CCCCOCCCN1C(=O)CNC1c1ccccc1F. The summed E-state index contributed by atoms with van der Waals surface area (Å²) < 4.78 is 19.4. The molecule has 1 aromatic carbocycles. The second kappa shape index (κ2) is 8.10. The zero-order valence-electron chi connectivity index (χ0n) is 12.5. The number of benzene rings is 1. The second-order valence-corrected chi connectivity index (χ2v) is 5.21. The lowest BCUT2D eigenvalue weighted by Crippen LogP contribution is -2.32. The minimum Gasteiger partial charge on any atom is -0.381 e. The van der Waals surface area contributed by atoms with Crippen molar-refractivity contribution in [3.63, 3.8) is 0 Å². The number of halogens is 1. The van der Waals surface area contributed by atoms with Gasteiger partial charge in [-0.3, -0.25) is 10.1 Å². The Hall–Kier alpha value is -1.46. The number of hydrogen-bond donors (Lipinski definition) is 1. The van der Waals surface area contributed by atoms with Crippen molar-refractivity contribution < 1.29 is 13.9 Å². The molecule has 0 radical (unpaired) electrons. The first-order valence-electron chi connectivity index (χ1n) is 7.59. The molecule has 21 heavy (non-hydrogen) atoms. The minimum absolute atomic E-state index is 0.0109. The summed E-state index contributed by atoms with van der Waals surface area (Å²) in [5.74, 6) is -0.272. The number of nitrogens with one attached hydrogen (secondary N) is 1. The Kier molecular flexibility index (Phi) is 6.14. The lowest BCUT2D eigenvalue weighted by molar-refractivity contribution is -0.128. The summed E-state index contributed by atoms with van der Waals surface area (Å²) >= 11 is 0. The van der Waals surface area contributed by atoms with Crippen molar-refractivity contribution in [2.24, 2.45) is 0 Å². The Morgan fingerprint density at radius 2 is 2.10 bits per heavy atom. The molecule has 1 N–H and O–H groups in total. The van der Waals surface area contributed by atoms with Gasteiger partial charge in [-0.2, -0.15) is 0 Å². The summed E-state index contributed by atoms with van der Waals surface area (Å²) in [6.07, 6.45) is 2.57.